The van der Waals surface area contributed by atoms with Crippen LogP contribution >= 0.6 is 22.6 Å². The van der Waals surface area contributed by atoms with Crippen LogP contribution < -0.4 is 0 Å². The molecule has 0 bridgehead atoms. The smallest absolute Gasteiger partial charge is 0.332 e. The summed E-state index contributed by atoms with van der Waals surface area (Å²) in [5, 5.41) is 8.76. The van der Waals surface area contributed by atoms with Crippen molar-refractivity contribution in [2.45, 2.75) is 6.42 Å². The van der Waals surface area contributed by atoms with Crippen LogP contribution in [0.15, 0.2) is 40.0 Å². The van der Waals surface area contributed by atoms with E-state index < -0.39 is 5.97 Å². The molecule has 0 amide bonds. The first-order valence-corrected chi connectivity index (χ1v) is 5.05. The summed E-state index contributed by atoms with van der Waals surface area (Å²) in [6.45, 7) is 0. The average molecular weight is 288 g/mol. The number of hydrogen-bond donors (Lipinski definition) is 1. The molecule has 0 aliphatic carbocycles. The molecule has 0 aliphatic heterocycles. The van der Waals surface area contributed by atoms with E-state index in [2.05, 4.69) is 0 Å². The van der Waals surface area contributed by atoms with E-state index in [1.807, 2.05) is 52.9 Å². The van der Waals surface area contributed by atoms with Gasteiger partial charge in [-0.25, -0.2) is 4.79 Å². The molecule has 1 rings (SSSR count). The molecule has 1 aromatic carbocycles. The van der Waals surface area contributed by atoms with Crippen LogP contribution in [-0.2, 0) is 11.2 Å². The summed E-state index contributed by atoms with van der Waals surface area (Å²) in [6, 6.07) is 9.56. The molecular weight excluding hydrogens is 279 g/mol. The first-order chi connectivity index (χ1) is 6.24. The third kappa shape index (κ3) is 3.18. The van der Waals surface area contributed by atoms with E-state index in [9.17, 15) is 4.79 Å². The van der Waals surface area contributed by atoms with Crippen molar-refractivity contribution >= 4 is 28.6 Å². The molecule has 0 saturated heterocycles. The molecule has 0 aliphatic rings. The van der Waals surface area contributed by atoms with Gasteiger partial charge in [0.15, 0.2) is 0 Å². The zero-order chi connectivity index (χ0) is 9.68. The van der Waals surface area contributed by atoms with Crippen LogP contribution in [0.25, 0.3) is 0 Å². The minimum Gasteiger partial charge on any atom is -0.478 e. The van der Waals surface area contributed by atoms with Crippen molar-refractivity contribution in [2.75, 3.05) is 0 Å². The van der Waals surface area contributed by atoms with E-state index in [1.54, 1.807) is 4.08 Å². The summed E-state index contributed by atoms with van der Waals surface area (Å²) in [4.78, 5) is 10.7. The van der Waals surface area contributed by atoms with Crippen molar-refractivity contribution in [1.29, 1.82) is 0 Å². The Morgan fingerprint density at radius 3 is 2.46 bits per heavy atom. The molecule has 0 heterocycles. The van der Waals surface area contributed by atoms with Crippen molar-refractivity contribution in [3.63, 3.8) is 0 Å². The lowest BCUT2D eigenvalue weighted by atomic mass is 10.1. The van der Waals surface area contributed by atoms with Gasteiger partial charge in [0.25, 0.3) is 0 Å². The molecule has 0 aromatic heterocycles. The third-order valence-corrected chi connectivity index (χ3v) is 2.40. The minimum absolute atomic E-state index is 0.423. The van der Waals surface area contributed by atoms with Crippen molar-refractivity contribution in [2.24, 2.45) is 0 Å². The van der Waals surface area contributed by atoms with Crippen LogP contribution in [0.1, 0.15) is 5.56 Å². The number of aliphatic carboxylic acids is 1. The van der Waals surface area contributed by atoms with E-state index >= 15 is 0 Å². The zero-order valence-electron chi connectivity index (χ0n) is 6.90. The van der Waals surface area contributed by atoms with Gasteiger partial charge >= 0.3 is 5.97 Å². The molecule has 1 aromatic rings. The summed E-state index contributed by atoms with van der Waals surface area (Å²) in [7, 11) is 0. The Morgan fingerprint density at radius 2 is 2.00 bits per heavy atom. The minimum atomic E-state index is -0.849. The molecule has 13 heavy (non-hydrogen) atoms. The fraction of sp³-hybridized carbons (Fsp3) is 0.100. The number of carboxylic acid groups (broad SMARTS) is 1. The van der Waals surface area contributed by atoms with Crippen LogP contribution in [0.4, 0.5) is 0 Å². The van der Waals surface area contributed by atoms with E-state index in [-0.39, 0.29) is 0 Å². The number of halogens is 1. The molecule has 0 unspecified atom stereocenters. The van der Waals surface area contributed by atoms with Crippen LogP contribution in [0.2, 0.25) is 0 Å². The molecule has 0 fully saturated rings. The summed E-state index contributed by atoms with van der Waals surface area (Å²) in [6.07, 6.45) is 0.485. The highest BCUT2D eigenvalue weighted by molar-refractivity contribution is 14.1. The quantitative estimate of drug-likeness (QED) is 0.685. The Labute approximate surface area is 90.4 Å². The first kappa shape index (κ1) is 10.2. The molecule has 0 spiro atoms. The SMILES string of the molecule is O=C(O)/C(=C\I)Cc1ccccc1. The number of benzene rings is 1. The Hall–Kier alpha value is -0.840. The molecule has 0 saturated carbocycles. The maximum atomic E-state index is 10.7. The fourth-order valence-electron chi connectivity index (χ4n) is 0.977. The fourth-order valence-corrected chi connectivity index (χ4v) is 1.46. The largest absolute Gasteiger partial charge is 0.478 e. The van der Waals surface area contributed by atoms with E-state index in [4.69, 9.17) is 5.11 Å². The van der Waals surface area contributed by atoms with Crippen LogP contribution in [-0.4, -0.2) is 11.1 Å². The normalized spacial score (nSPS) is 11.3. The maximum absolute atomic E-state index is 10.7. The highest BCUT2D eigenvalue weighted by Crippen LogP contribution is 2.09. The summed E-state index contributed by atoms with van der Waals surface area (Å²) >= 11 is 1.95. The molecule has 2 nitrogen and oxygen atoms in total. The predicted molar refractivity (Wildman–Crippen MR) is 59.9 cm³/mol. The van der Waals surface area contributed by atoms with Gasteiger partial charge in [-0.1, -0.05) is 52.9 Å². The van der Waals surface area contributed by atoms with E-state index in [0.717, 1.165) is 5.56 Å². The van der Waals surface area contributed by atoms with Gasteiger partial charge in [-0.15, -0.1) is 0 Å². The standard InChI is InChI=1S/C10H9IO2/c11-7-9(10(12)13)6-8-4-2-1-3-5-8/h1-5,7H,6H2,(H,12,13)/b9-7-. The lowest BCUT2D eigenvalue weighted by molar-refractivity contribution is -0.132. The maximum Gasteiger partial charge on any atom is 0.332 e. The second-order valence-corrected chi connectivity index (χ2v) is 3.22. The topological polar surface area (TPSA) is 37.3 Å². The van der Waals surface area contributed by atoms with Gasteiger partial charge in [0.2, 0.25) is 0 Å². The summed E-state index contributed by atoms with van der Waals surface area (Å²) in [5.41, 5.74) is 1.44. The van der Waals surface area contributed by atoms with Gasteiger partial charge in [0.1, 0.15) is 0 Å². The van der Waals surface area contributed by atoms with Crippen molar-refractivity contribution < 1.29 is 9.90 Å². The predicted octanol–water partition coefficient (Wildman–Crippen LogP) is 2.63. The lowest BCUT2D eigenvalue weighted by Crippen LogP contribution is -2.02. The number of rotatable bonds is 3. The van der Waals surface area contributed by atoms with Gasteiger partial charge in [-0.05, 0) is 9.65 Å². The molecule has 1 N–H and O–H groups in total. The number of carbonyl (C=O) groups is 1. The number of hydrogen-bond acceptors (Lipinski definition) is 1. The van der Waals surface area contributed by atoms with Crippen molar-refractivity contribution in [3.8, 4) is 0 Å². The molecule has 0 radical (unpaired) electrons. The van der Waals surface area contributed by atoms with E-state index in [1.165, 1.54) is 0 Å². The van der Waals surface area contributed by atoms with Crippen LogP contribution in [0.5, 0.6) is 0 Å². The summed E-state index contributed by atoms with van der Waals surface area (Å²) in [5.74, 6) is -0.849. The Kier molecular flexibility index (Phi) is 3.95. The Balaban J connectivity index is 2.74. The highest BCUT2D eigenvalue weighted by atomic mass is 127. The second-order valence-electron chi connectivity index (χ2n) is 2.60. The van der Waals surface area contributed by atoms with Crippen LogP contribution in [0, 0.1) is 0 Å². The van der Waals surface area contributed by atoms with Crippen molar-refractivity contribution in [1.82, 2.24) is 0 Å². The Morgan fingerprint density at radius 1 is 1.38 bits per heavy atom. The average Bonchev–Trinajstić information content (AvgIpc) is 2.15. The first-order valence-electron chi connectivity index (χ1n) is 3.80. The monoisotopic (exact) mass is 288 g/mol. The Bertz CT molecular complexity index is 317. The highest BCUT2D eigenvalue weighted by Gasteiger charge is 2.06. The molecule has 0 atom stereocenters. The van der Waals surface area contributed by atoms with Gasteiger partial charge in [-0.3, -0.25) is 0 Å². The van der Waals surface area contributed by atoms with Gasteiger partial charge < -0.3 is 5.11 Å². The number of carboxylic acids is 1. The van der Waals surface area contributed by atoms with Gasteiger partial charge in [0.05, 0.1) is 0 Å². The molecular formula is C10H9IO2. The zero-order valence-corrected chi connectivity index (χ0v) is 9.06. The van der Waals surface area contributed by atoms with Gasteiger partial charge in [0, 0.05) is 12.0 Å². The van der Waals surface area contributed by atoms with E-state index in [0.29, 0.717) is 12.0 Å². The molecule has 3 heteroatoms. The van der Waals surface area contributed by atoms with Crippen LogP contribution in [0.3, 0.4) is 0 Å². The van der Waals surface area contributed by atoms with Gasteiger partial charge in [-0.2, -0.15) is 0 Å². The van der Waals surface area contributed by atoms with Crippen molar-refractivity contribution in [3.05, 3.63) is 45.6 Å². The third-order valence-electron chi connectivity index (χ3n) is 1.64. The second kappa shape index (κ2) is 5.01. The summed E-state index contributed by atoms with van der Waals surface area (Å²) < 4.78 is 1.60. The lowest BCUT2D eigenvalue weighted by Gasteiger charge is -2.00. The molecule has 68 valence electrons.